The normalized spacial score (nSPS) is 11.7. The maximum absolute atomic E-state index is 12.5. The first kappa shape index (κ1) is 19.9. The van der Waals surface area contributed by atoms with Crippen LogP contribution in [0, 0.1) is 6.92 Å². The maximum atomic E-state index is 12.5. The third-order valence-electron chi connectivity index (χ3n) is 3.19. The van der Waals surface area contributed by atoms with E-state index in [1.54, 1.807) is 13.0 Å². The Hall–Kier alpha value is -2.42. The quantitative estimate of drug-likeness (QED) is 0.535. The first-order valence-corrected chi connectivity index (χ1v) is 8.40. The molecule has 1 aromatic heterocycles. The molecule has 10 heteroatoms. The van der Waals surface area contributed by atoms with Crippen molar-refractivity contribution in [1.29, 1.82) is 0 Å². The van der Waals surface area contributed by atoms with E-state index in [2.05, 4.69) is 30.5 Å². The minimum atomic E-state index is -2.91. The number of rotatable bonds is 8. The number of guanidine groups is 1. The number of aromatic nitrogens is 2. The van der Waals surface area contributed by atoms with Gasteiger partial charge in [-0.1, -0.05) is 16.8 Å². The fraction of sp³-hybridized carbons (Fsp3) is 0.438. The second-order valence-electron chi connectivity index (χ2n) is 5.24. The second-order valence-corrected chi connectivity index (χ2v) is 5.67. The summed E-state index contributed by atoms with van der Waals surface area (Å²) in [6.45, 7) is 2.03. The third kappa shape index (κ3) is 6.47. The van der Waals surface area contributed by atoms with E-state index in [4.69, 9.17) is 16.1 Å². The predicted octanol–water partition coefficient (Wildman–Crippen LogP) is 2.93. The molecule has 1 aromatic carbocycles. The molecule has 0 bridgehead atoms. The highest BCUT2D eigenvalue weighted by Crippen LogP contribution is 2.25. The van der Waals surface area contributed by atoms with Crippen molar-refractivity contribution >= 4 is 17.6 Å². The van der Waals surface area contributed by atoms with E-state index in [0.717, 1.165) is 0 Å². The van der Waals surface area contributed by atoms with Gasteiger partial charge in [-0.25, -0.2) is 4.99 Å². The average Bonchev–Trinajstić information content (AvgIpc) is 2.99. The van der Waals surface area contributed by atoms with Crippen molar-refractivity contribution in [3.05, 3.63) is 40.5 Å². The van der Waals surface area contributed by atoms with Gasteiger partial charge >= 0.3 is 6.61 Å². The molecular weight excluding hydrogens is 368 g/mol. The number of nitrogens with one attached hydrogen (secondary N) is 2. The highest BCUT2D eigenvalue weighted by molar-refractivity contribution is 6.30. The minimum absolute atomic E-state index is 0.0466. The summed E-state index contributed by atoms with van der Waals surface area (Å²) >= 11 is 5.94. The molecular formula is C16H20ClF2N5O2. The molecule has 0 fully saturated rings. The van der Waals surface area contributed by atoms with E-state index in [0.29, 0.717) is 47.8 Å². The van der Waals surface area contributed by atoms with Gasteiger partial charge in [0.25, 0.3) is 0 Å². The van der Waals surface area contributed by atoms with Crippen LogP contribution in [-0.4, -0.2) is 35.8 Å². The zero-order valence-electron chi connectivity index (χ0n) is 14.4. The maximum Gasteiger partial charge on any atom is 0.387 e. The number of ether oxygens (including phenoxy) is 1. The Morgan fingerprint density at radius 1 is 1.38 bits per heavy atom. The lowest BCUT2D eigenvalue weighted by molar-refractivity contribution is -0.0504. The lowest BCUT2D eigenvalue weighted by Crippen LogP contribution is -2.38. The molecule has 26 heavy (non-hydrogen) atoms. The first-order valence-electron chi connectivity index (χ1n) is 8.02. The van der Waals surface area contributed by atoms with Crippen LogP contribution in [0.4, 0.5) is 8.78 Å². The lowest BCUT2D eigenvalue weighted by Gasteiger charge is -2.12. The molecule has 2 N–H and O–H groups in total. The SMILES string of the molecule is CCNC(=NCc1cc(Cl)ccc1OC(F)F)NCCc1nc(C)no1. The van der Waals surface area contributed by atoms with Gasteiger partial charge in [0.2, 0.25) is 5.89 Å². The van der Waals surface area contributed by atoms with Gasteiger partial charge in [0.1, 0.15) is 5.75 Å². The number of hydrogen-bond acceptors (Lipinski definition) is 5. The molecule has 0 radical (unpaired) electrons. The van der Waals surface area contributed by atoms with Gasteiger partial charge in [0.05, 0.1) is 6.54 Å². The average molecular weight is 388 g/mol. The van der Waals surface area contributed by atoms with Crippen LogP contribution < -0.4 is 15.4 Å². The predicted molar refractivity (Wildman–Crippen MR) is 93.6 cm³/mol. The standard InChI is InChI=1S/C16H20ClF2N5O2/c1-3-20-16(21-7-6-14-23-10(2)24-26-14)22-9-11-8-12(17)4-5-13(11)25-15(18)19/h4-5,8,15H,3,6-7,9H2,1-2H3,(H2,20,21,22). The number of halogens is 3. The lowest BCUT2D eigenvalue weighted by atomic mass is 10.2. The van der Waals surface area contributed by atoms with Crippen molar-refractivity contribution in [2.75, 3.05) is 13.1 Å². The Balaban J connectivity index is 2.00. The minimum Gasteiger partial charge on any atom is -0.434 e. The molecule has 0 aliphatic heterocycles. The molecule has 0 amide bonds. The molecule has 142 valence electrons. The van der Waals surface area contributed by atoms with Gasteiger partial charge in [0, 0.05) is 30.1 Å². The van der Waals surface area contributed by atoms with Gasteiger partial charge in [-0.15, -0.1) is 0 Å². The fourth-order valence-corrected chi connectivity index (χ4v) is 2.31. The summed E-state index contributed by atoms with van der Waals surface area (Å²) in [6, 6.07) is 4.44. The Morgan fingerprint density at radius 2 is 2.19 bits per heavy atom. The Morgan fingerprint density at radius 3 is 2.85 bits per heavy atom. The van der Waals surface area contributed by atoms with Crippen LogP contribution in [0.15, 0.2) is 27.7 Å². The van der Waals surface area contributed by atoms with Crippen molar-refractivity contribution in [2.45, 2.75) is 33.4 Å². The number of nitrogens with zero attached hydrogens (tertiary/aromatic N) is 3. The topological polar surface area (TPSA) is 84.6 Å². The Labute approximate surface area is 154 Å². The molecule has 0 atom stereocenters. The number of alkyl halides is 2. The third-order valence-corrected chi connectivity index (χ3v) is 3.43. The van der Waals surface area contributed by atoms with E-state index < -0.39 is 6.61 Å². The van der Waals surface area contributed by atoms with Gasteiger partial charge < -0.3 is 19.9 Å². The van der Waals surface area contributed by atoms with E-state index in [1.165, 1.54) is 12.1 Å². The largest absolute Gasteiger partial charge is 0.434 e. The second kappa shape index (κ2) is 9.91. The van der Waals surface area contributed by atoms with Crippen LogP contribution in [0.5, 0.6) is 5.75 Å². The summed E-state index contributed by atoms with van der Waals surface area (Å²) in [4.78, 5) is 8.49. The molecule has 2 aromatic rings. The molecule has 0 aliphatic rings. The van der Waals surface area contributed by atoms with Gasteiger partial charge in [-0.05, 0) is 32.0 Å². The van der Waals surface area contributed by atoms with Crippen molar-refractivity contribution < 1.29 is 18.0 Å². The fourth-order valence-electron chi connectivity index (χ4n) is 2.12. The van der Waals surface area contributed by atoms with Crippen LogP contribution in [0.3, 0.4) is 0 Å². The molecule has 0 aliphatic carbocycles. The number of aryl methyl sites for hydroxylation is 1. The van der Waals surface area contributed by atoms with Crippen molar-refractivity contribution in [1.82, 2.24) is 20.8 Å². The summed E-state index contributed by atoms with van der Waals surface area (Å²) < 4.78 is 34.6. The highest BCUT2D eigenvalue weighted by Gasteiger charge is 2.10. The summed E-state index contributed by atoms with van der Waals surface area (Å²) in [5, 5.41) is 10.3. The first-order chi connectivity index (χ1) is 12.5. The van der Waals surface area contributed by atoms with Crippen molar-refractivity contribution in [3.63, 3.8) is 0 Å². The van der Waals surface area contributed by atoms with Crippen molar-refractivity contribution in [2.24, 2.45) is 4.99 Å². The molecule has 1 heterocycles. The number of aliphatic imine (C=N–C) groups is 1. The van der Waals surface area contributed by atoms with Gasteiger partial charge in [-0.3, -0.25) is 0 Å². The summed E-state index contributed by atoms with van der Waals surface area (Å²) in [7, 11) is 0. The van der Waals surface area contributed by atoms with E-state index in [-0.39, 0.29) is 12.3 Å². The smallest absolute Gasteiger partial charge is 0.387 e. The van der Waals surface area contributed by atoms with Crippen LogP contribution >= 0.6 is 11.6 Å². The molecule has 2 rings (SSSR count). The summed E-state index contributed by atoms with van der Waals surface area (Å²) in [5.41, 5.74) is 0.461. The number of hydrogen-bond donors (Lipinski definition) is 2. The Kier molecular flexibility index (Phi) is 7.58. The highest BCUT2D eigenvalue weighted by atomic mass is 35.5. The zero-order chi connectivity index (χ0) is 18.9. The van der Waals surface area contributed by atoms with Gasteiger partial charge in [0.15, 0.2) is 11.8 Å². The molecule has 7 nitrogen and oxygen atoms in total. The molecule has 0 saturated carbocycles. The van der Waals surface area contributed by atoms with Crippen LogP contribution in [0.25, 0.3) is 0 Å². The Bertz CT molecular complexity index is 739. The zero-order valence-corrected chi connectivity index (χ0v) is 15.2. The van der Waals surface area contributed by atoms with Crippen LogP contribution in [0.2, 0.25) is 5.02 Å². The molecule has 0 spiro atoms. The monoisotopic (exact) mass is 387 g/mol. The van der Waals surface area contributed by atoms with E-state index in [1.807, 2.05) is 6.92 Å². The van der Waals surface area contributed by atoms with E-state index in [9.17, 15) is 8.78 Å². The molecule has 0 unspecified atom stereocenters. The van der Waals surface area contributed by atoms with Crippen LogP contribution in [0.1, 0.15) is 24.2 Å². The van der Waals surface area contributed by atoms with E-state index >= 15 is 0 Å². The van der Waals surface area contributed by atoms with Crippen molar-refractivity contribution in [3.8, 4) is 5.75 Å². The summed E-state index contributed by atoms with van der Waals surface area (Å²) in [5.74, 6) is 1.67. The molecule has 0 saturated heterocycles. The summed E-state index contributed by atoms with van der Waals surface area (Å²) in [6.07, 6.45) is 0.530. The van der Waals surface area contributed by atoms with Gasteiger partial charge in [-0.2, -0.15) is 13.8 Å². The number of benzene rings is 1. The van der Waals surface area contributed by atoms with Crippen LogP contribution in [-0.2, 0) is 13.0 Å².